The molecule has 0 unspecified atom stereocenters. The quantitative estimate of drug-likeness (QED) is 0.561. The Hall–Kier alpha value is -2.74. The van der Waals surface area contributed by atoms with E-state index in [2.05, 4.69) is 10.4 Å². The van der Waals surface area contributed by atoms with Gasteiger partial charge in [-0.15, -0.1) is 0 Å². The summed E-state index contributed by atoms with van der Waals surface area (Å²) in [4.78, 5) is 24.9. The molecule has 0 bridgehead atoms. The lowest BCUT2D eigenvalue weighted by Crippen LogP contribution is -2.26. The second-order valence-corrected chi connectivity index (χ2v) is 7.64. The van der Waals surface area contributed by atoms with Crippen LogP contribution in [0.25, 0.3) is 0 Å². The first kappa shape index (κ1) is 22.9. The van der Waals surface area contributed by atoms with E-state index in [-0.39, 0.29) is 18.1 Å². The molecule has 0 aliphatic carbocycles. The van der Waals surface area contributed by atoms with Crippen LogP contribution < -0.4 is 5.32 Å². The van der Waals surface area contributed by atoms with Gasteiger partial charge in [0.2, 0.25) is 0 Å². The second-order valence-electron chi connectivity index (χ2n) is 7.64. The molecule has 1 aliphatic rings. The lowest BCUT2D eigenvalue weighted by molar-refractivity contribution is 0.0489. The summed E-state index contributed by atoms with van der Waals surface area (Å²) in [5, 5.41) is 7.60. The standard InChI is InChI=1S/C23H30FN3O4/c1-3-19-21-20(7-4-12-30-13-5-10-25-22(21)28)27(26-19)11-6-14-31-23(29)17-15-16(2)8-9-18(17)24/h8-9,15H,3-7,10-14H2,1-2H3,(H,25,28). The lowest BCUT2D eigenvalue weighted by Gasteiger charge is -2.10. The van der Waals surface area contributed by atoms with Crippen molar-refractivity contribution in [2.75, 3.05) is 26.4 Å². The molecule has 7 nitrogen and oxygen atoms in total. The van der Waals surface area contributed by atoms with Gasteiger partial charge in [0.25, 0.3) is 5.91 Å². The van der Waals surface area contributed by atoms with Gasteiger partial charge in [-0.05, 0) is 44.7 Å². The fourth-order valence-corrected chi connectivity index (χ4v) is 3.66. The highest BCUT2D eigenvalue weighted by atomic mass is 19.1. The number of aryl methyl sites for hydroxylation is 3. The molecule has 31 heavy (non-hydrogen) atoms. The van der Waals surface area contributed by atoms with Crippen molar-refractivity contribution in [3.63, 3.8) is 0 Å². The number of nitrogens with one attached hydrogen (secondary N) is 1. The maximum absolute atomic E-state index is 13.9. The lowest BCUT2D eigenvalue weighted by atomic mass is 10.1. The van der Waals surface area contributed by atoms with E-state index in [0.29, 0.717) is 51.1 Å². The van der Waals surface area contributed by atoms with Crippen LogP contribution in [-0.2, 0) is 28.9 Å². The fraction of sp³-hybridized carbons (Fsp3) is 0.522. The monoisotopic (exact) mass is 431 g/mol. The molecule has 0 radical (unpaired) electrons. The number of benzene rings is 1. The minimum absolute atomic E-state index is 0.0578. The average molecular weight is 432 g/mol. The number of nitrogens with zero attached hydrogens (tertiary/aromatic N) is 2. The number of hydrogen-bond donors (Lipinski definition) is 1. The summed E-state index contributed by atoms with van der Waals surface area (Å²) >= 11 is 0. The van der Waals surface area contributed by atoms with Gasteiger partial charge in [0, 0.05) is 32.7 Å². The van der Waals surface area contributed by atoms with Gasteiger partial charge in [-0.2, -0.15) is 5.10 Å². The molecule has 2 heterocycles. The molecule has 8 heteroatoms. The predicted octanol–water partition coefficient (Wildman–Crippen LogP) is 3.22. The van der Waals surface area contributed by atoms with Crippen LogP contribution in [0, 0.1) is 12.7 Å². The molecule has 0 fully saturated rings. The molecule has 1 aliphatic heterocycles. The number of amides is 1. The molecular formula is C23H30FN3O4. The van der Waals surface area contributed by atoms with Gasteiger partial charge in [0.1, 0.15) is 5.82 Å². The van der Waals surface area contributed by atoms with E-state index in [0.717, 1.165) is 29.8 Å². The number of ether oxygens (including phenoxy) is 2. The van der Waals surface area contributed by atoms with Gasteiger partial charge in [-0.25, -0.2) is 9.18 Å². The Morgan fingerprint density at radius 2 is 2.13 bits per heavy atom. The van der Waals surface area contributed by atoms with Gasteiger partial charge in [-0.3, -0.25) is 9.48 Å². The molecular weight excluding hydrogens is 401 g/mol. The maximum Gasteiger partial charge on any atom is 0.341 e. The minimum atomic E-state index is -0.674. The van der Waals surface area contributed by atoms with Gasteiger partial charge in [0.05, 0.1) is 29.1 Å². The van der Waals surface area contributed by atoms with E-state index < -0.39 is 11.8 Å². The zero-order valence-corrected chi connectivity index (χ0v) is 18.2. The smallest absolute Gasteiger partial charge is 0.341 e. The predicted molar refractivity (Wildman–Crippen MR) is 114 cm³/mol. The van der Waals surface area contributed by atoms with Gasteiger partial charge in [-0.1, -0.05) is 18.6 Å². The van der Waals surface area contributed by atoms with Crippen LogP contribution in [0.4, 0.5) is 4.39 Å². The number of hydrogen-bond acceptors (Lipinski definition) is 5. The van der Waals surface area contributed by atoms with Crippen LogP contribution in [0.1, 0.15) is 63.9 Å². The summed E-state index contributed by atoms with van der Waals surface area (Å²) in [5.74, 6) is -1.36. The number of fused-ring (bicyclic) bond motifs is 1. The summed E-state index contributed by atoms with van der Waals surface area (Å²) in [6.45, 7) is 6.25. The number of aromatic nitrogens is 2. The van der Waals surface area contributed by atoms with E-state index in [4.69, 9.17) is 9.47 Å². The largest absolute Gasteiger partial charge is 0.462 e. The summed E-state index contributed by atoms with van der Waals surface area (Å²) in [6, 6.07) is 4.36. The maximum atomic E-state index is 13.9. The third-order valence-electron chi connectivity index (χ3n) is 5.23. The van der Waals surface area contributed by atoms with Crippen molar-refractivity contribution >= 4 is 11.9 Å². The van der Waals surface area contributed by atoms with Crippen LogP contribution in [0.2, 0.25) is 0 Å². The zero-order valence-electron chi connectivity index (χ0n) is 18.2. The number of halogens is 1. The summed E-state index contributed by atoms with van der Waals surface area (Å²) in [6.07, 6.45) is 3.43. The first-order valence-corrected chi connectivity index (χ1v) is 10.9. The molecule has 0 atom stereocenters. The molecule has 2 aromatic rings. The molecule has 1 aromatic heterocycles. The molecule has 1 amide bonds. The van der Waals surface area contributed by atoms with Crippen molar-refractivity contribution in [3.05, 3.63) is 52.1 Å². The van der Waals surface area contributed by atoms with Crippen LogP contribution >= 0.6 is 0 Å². The average Bonchev–Trinajstić information content (AvgIpc) is 3.09. The van der Waals surface area contributed by atoms with Crippen molar-refractivity contribution in [1.29, 1.82) is 0 Å². The Labute approximate surface area is 181 Å². The Morgan fingerprint density at radius 1 is 1.32 bits per heavy atom. The molecule has 0 saturated heterocycles. The number of rotatable bonds is 6. The Kier molecular flexibility index (Phi) is 8.17. The second kappa shape index (κ2) is 11.0. The van der Waals surface area contributed by atoms with Crippen LogP contribution in [-0.4, -0.2) is 48.0 Å². The van der Waals surface area contributed by atoms with E-state index in [1.165, 1.54) is 12.1 Å². The molecule has 168 valence electrons. The number of carbonyl (C=O) groups excluding carboxylic acids is 2. The molecule has 1 N–H and O–H groups in total. The highest BCUT2D eigenvalue weighted by Gasteiger charge is 2.23. The van der Waals surface area contributed by atoms with Crippen molar-refractivity contribution in [2.24, 2.45) is 0 Å². The summed E-state index contributed by atoms with van der Waals surface area (Å²) in [7, 11) is 0. The van der Waals surface area contributed by atoms with Crippen LogP contribution in [0.5, 0.6) is 0 Å². The van der Waals surface area contributed by atoms with E-state index in [9.17, 15) is 14.0 Å². The summed E-state index contributed by atoms with van der Waals surface area (Å²) in [5.41, 5.74) is 3.04. The third-order valence-corrected chi connectivity index (χ3v) is 5.23. The number of carbonyl (C=O) groups is 2. The molecule has 1 aromatic carbocycles. The topological polar surface area (TPSA) is 82.5 Å². The zero-order chi connectivity index (χ0) is 22.2. The van der Waals surface area contributed by atoms with Gasteiger partial charge < -0.3 is 14.8 Å². The van der Waals surface area contributed by atoms with Crippen molar-refractivity contribution < 1.29 is 23.5 Å². The highest BCUT2D eigenvalue weighted by molar-refractivity contribution is 5.96. The first-order chi connectivity index (χ1) is 15.0. The van der Waals surface area contributed by atoms with Crippen molar-refractivity contribution in [1.82, 2.24) is 15.1 Å². The van der Waals surface area contributed by atoms with Crippen molar-refractivity contribution in [3.8, 4) is 0 Å². The Morgan fingerprint density at radius 3 is 2.94 bits per heavy atom. The first-order valence-electron chi connectivity index (χ1n) is 10.9. The number of esters is 1. The summed E-state index contributed by atoms with van der Waals surface area (Å²) < 4.78 is 26.6. The third kappa shape index (κ3) is 5.91. The van der Waals surface area contributed by atoms with E-state index >= 15 is 0 Å². The van der Waals surface area contributed by atoms with E-state index in [1.807, 2.05) is 11.6 Å². The molecule has 0 saturated carbocycles. The van der Waals surface area contributed by atoms with E-state index in [1.54, 1.807) is 13.0 Å². The Bertz CT molecular complexity index is 926. The normalized spacial score (nSPS) is 15.0. The van der Waals surface area contributed by atoms with Gasteiger partial charge in [0.15, 0.2) is 0 Å². The van der Waals surface area contributed by atoms with Crippen LogP contribution in [0.15, 0.2) is 18.2 Å². The fourth-order valence-electron chi connectivity index (χ4n) is 3.66. The SMILES string of the molecule is CCc1nn(CCCOC(=O)c2cc(C)ccc2F)c2c1C(=O)NCCCOCCC2. The highest BCUT2D eigenvalue weighted by Crippen LogP contribution is 2.19. The molecule has 0 spiro atoms. The Balaban J connectivity index is 1.66. The van der Waals surface area contributed by atoms with Crippen LogP contribution in [0.3, 0.4) is 0 Å². The molecule has 3 rings (SSSR count). The van der Waals surface area contributed by atoms with Crippen molar-refractivity contribution in [2.45, 2.75) is 52.5 Å². The minimum Gasteiger partial charge on any atom is -0.462 e. The van der Waals surface area contributed by atoms with Gasteiger partial charge >= 0.3 is 5.97 Å².